The van der Waals surface area contributed by atoms with Crippen molar-refractivity contribution in [1.29, 1.82) is 5.26 Å². The summed E-state index contributed by atoms with van der Waals surface area (Å²) in [5, 5.41) is 14.4. The Morgan fingerprint density at radius 2 is 2.16 bits per heavy atom. The second kappa shape index (κ2) is 6.52. The molecule has 5 nitrogen and oxygen atoms in total. The standard InChI is InChI=1S/C13H12N4OS/c14-8-11-9-16-13(19-11)17-12(18)15-7-6-10-4-2-1-3-5-10/h1-5,9H,6-7H2,(H2,15,16,17,18). The number of urea groups is 1. The van der Waals surface area contributed by atoms with E-state index in [0.29, 0.717) is 16.6 Å². The number of aromatic nitrogens is 1. The van der Waals surface area contributed by atoms with Gasteiger partial charge < -0.3 is 5.32 Å². The Morgan fingerprint density at radius 3 is 2.84 bits per heavy atom. The second-order valence-electron chi connectivity index (χ2n) is 3.76. The number of benzene rings is 1. The SMILES string of the molecule is N#Cc1cnc(NC(=O)NCCc2ccccc2)s1. The van der Waals surface area contributed by atoms with Crippen LogP contribution in [-0.2, 0) is 6.42 Å². The average molecular weight is 272 g/mol. The predicted molar refractivity (Wildman–Crippen MR) is 74.0 cm³/mol. The number of hydrogen-bond acceptors (Lipinski definition) is 4. The quantitative estimate of drug-likeness (QED) is 0.897. The van der Waals surface area contributed by atoms with Gasteiger partial charge in [0.2, 0.25) is 0 Å². The Bertz CT molecular complexity index is 588. The van der Waals surface area contributed by atoms with Crippen molar-refractivity contribution in [2.45, 2.75) is 6.42 Å². The Morgan fingerprint density at radius 1 is 1.37 bits per heavy atom. The van der Waals surface area contributed by atoms with Gasteiger partial charge in [-0.05, 0) is 12.0 Å². The van der Waals surface area contributed by atoms with Gasteiger partial charge in [-0.15, -0.1) is 0 Å². The molecule has 0 aliphatic heterocycles. The van der Waals surface area contributed by atoms with E-state index in [2.05, 4.69) is 15.6 Å². The number of nitriles is 1. The molecular formula is C13H12N4OS. The molecule has 0 radical (unpaired) electrons. The number of thiazole rings is 1. The fourth-order valence-electron chi connectivity index (χ4n) is 1.49. The highest BCUT2D eigenvalue weighted by Gasteiger charge is 2.05. The molecule has 2 amide bonds. The van der Waals surface area contributed by atoms with Crippen molar-refractivity contribution in [2.24, 2.45) is 0 Å². The molecule has 0 fully saturated rings. The molecule has 0 saturated carbocycles. The predicted octanol–water partition coefficient (Wildman–Crippen LogP) is 2.38. The lowest BCUT2D eigenvalue weighted by Gasteiger charge is -2.05. The van der Waals surface area contributed by atoms with Gasteiger partial charge in [0.1, 0.15) is 10.9 Å². The van der Waals surface area contributed by atoms with Crippen molar-refractivity contribution >= 4 is 22.5 Å². The van der Waals surface area contributed by atoms with Crippen LogP contribution in [0.5, 0.6) is 0 Å². The normalized spacial score (nSPS) is 9.63. The molecule has 0 aliphatic carbocycles. The Labute approximate surface area is 114 Å². The van der Waals surface area contributed by atoms with Crippen LogP contribution in [-0.4, -0.2) is 17.6 Å². The van der Waals surface area contributed by atoms with Gasteiger partial charge in [0.25, 0.3) is 0 Å². The Hall–Kier alpha value is -2.39. The lowest BCUT2D eigenvalue weighted by Crippen LogP contribution is -2.30. The summed E-state index contributed by atoms with van der Waals surface area (Å²) >= 11 is 1.15. The van der Waals surface area contributed by atoms with Gasteiger partial charge in [-0.2, -0.15) is 5.26 Å². The first-order chi connectivity index (χ1) is 9.28. The molecule has 2 aromatic rings. The second-order valence-corrected chi connectivity index (χ2v) is 4.79. The summed E-state index contributed by atoms with van der Waals surface area (Å²) in [5.41, 5.74) is 1.17. The van der Waals surface area contributed by atoms with Crippen molar-refractivity contribution in [2.75, 3.05) is 11.9 Å². The third kappa shape index (κ3) is 4.08. The molecule has 2 N–H and O–H groups in total. The van der Waals surface area contributed by atoms with Crippen LogP contribution in [0.15, 0.2) is 36.5 Å². The number of carbonyl (C=O) groups is 1. The van der Waals surface area contributed by atoms with Crippen LogP contribution < -0.4 is 10.6 Å². The highest BCUT2D eigenvalue weighted by atomic mass is 32.1. The number of nitrogens with zero attached hydrogens (tertiary/aromatic N) is 2. The van der Waals surface area contributed by atoms with E-state index in [1.165, 1.54) is 11.8 Å². The summed E-state index contributed by atoms with van der Waals surface area (Å²) in [4.78, 5) is 16.0. The largest absolute Gasteiger partial charge is 0.337 e. The number of rotatable bonds is 4. The topological polar surface area (TPSA) is 77.8 Å². The minimum absolute atomic E-state index is 0.310. The molecule has 1 aromatic heterocycles. The van der Waals surface area contributed by atoms with Crippen molar-refractivity contribution in [3.8, 4) is 6.07 Å². The van der Waals surface area contributed by atoms with Crippen molar-refractivity contribution in [1.82, 2.24) is 10.3 Å². The van der Waals surface area contributed by atoms with Gasteiger partial charge in [0.15, 0.2) is 5.13 Å². The molecule has 0 saturated heterocycles. The van der Waals surface area contributed by atoms with Crippen molar-refractivity contribution in [3.63, 3.8) is 0 Å². The molecule has 6 heteroatoms. The summed E-state index contributed by atoms with van der Waals surface area (Å²) in [6, 6.07) is 11.6. The first kappa shape index (κ1) is 13.1. The van der Waals surface area contributed by atoms with E-state index in [1.807, 2.05) is 36.4 Å². The molecular weight excluding hydrogens is 260 g/mol. The average Bonchev–Trinajstić information content (AvgIpc) is 2.87. The lowest BCUT2D eigenvalue weighted by molar-refractivity contribution is 0.252. The maximum absolute atomic E-state index is 11.6. The summed E-state index contributed by atoms with van der Waals surface area (Å²) in [5.74, 6) is 0. The van der Waals surface area contributed by atoms with Crippen LogP contribution in [0, 0.1) is 11.3 Å². The third-order valence-corrected chi connectivity index (χ3v) is 3.20. The van der Waals surface area contributed by atoms with E-state index in [0.717, 1.165) is 17.8 Å². The van der Waals surface area contributed by atoms with Gasteiger partial charge in [0, 0.05) is 6.54 Å². The van der Waals surface area contributed by atoms with Crippen molar-refractivity contribution < 1.29 is 4.79 Å². The third-order valence-electron chi connectivity index (χ3n) is 2.38. The molecule has 96 valence electrons. The Kier molecular flexibility index (Phi) is 4.48. The fourth-order valence-corrected chi connectivity index (χ4v) is 2.10. The molecule has 1 aromatic carbocycles. The summed E-state index contributed by atoms with van der Waals surface area (Å²) in [7, 11) is 0. The number of anilines is 1. The highest BCUT2D eigenvalue weighted by molar-refractivity contribution is 7.16. The first-order valence-electron chi connectivity index (χ1n) is 5.72. The summed E-state index contributed by atoms with van der Waals surface area (Å²) < 4.78 is 0. The van der Waals surface area contributed by atoms with Gasteiger partial charge in [-0.1, -0.05) is 41.7 Å². The molecule has 0 spiro atoms. The minimum atomic E-state index is -0.310. The van der Waals surface area contributed by atoms with Crippen LogP contribution in [0.2, 0.25) is 0 Å². The van der Waals surface area contributed by atoms with E-state index in [4.69, 9.17) is 5.26 Å². The van der Waals surface area contributed by atoms with Crippen LogP contribution in [0.25, 0.3) is 0 Å². The van der Waals surface area contributed by atoms with Crippen LogP contribution in [0.3, 0.4) is 0 Å². The first-order valence-corrected chi connectivity index (χ1v) is 6.54. The zero-order valence-corrected chi connectivity index (χ0v) is 10.9. The number of nitrogens with one attached hydrogen (secondary N) is 2. The zero-order valence-electron chi connectivity index (χ0n) is 10.1. The monoisotopic (exact) mass is 272 g/mol. The smallest absolute Gasteiger partial charge is 0.321 e. The zero-order chi connectivity index (χ0) is 13.5. The van der Waals surface area contributed by atoms with Crippen LogP contribution in [0.1, 0.15) is 10.4 Å². The van der Waals surface area contributed by atoms with Gasteiger partial charge >= 0.3 is 6.03 Å². The van der Waals surface area contributed by atoms with E-state index >= 15 is 0 Å². The van der Waals surface area contributed by atoms with E-state index in [9.17, 15) is 4.79 Å². The maximum atomic E-state index is 11.6. The summed E-state index contributed by atoms with van der Waals surface area (Å²) in [6.45, 7) is 0.548. The van der Waals surface area contributed by atoms with Gasteiger partial charge in [0.05, 0.1) is 6.20 Å². The molecule has 0 unspecified atom stereocenters. The van der Waals surface area contributed by atoms with E-state index in [1.54, 1.807) is 0 Å². The summed E-state index contributed by atoms with van der Waals surface area (Å²) in [6.07, 6.45) is 2.21. The minimum Gasteiger partial charge on any atom is -0.337 e. The fraction of sp³-hybridized carbons (Fsp3) is 0.154. The molecule has 0 atom stereocenters. The van der Waals surface area contributed by atoms with E-state index < -0.39 is 0 Å². The van der Waals surface area contributed by atoms with Crippen LogP contribution in [0.4, 0.5) is 9.93 Å². The Balaban J connectivity index is 1.74. The number of carbonyl (C=O) groups excluding carboxylic acids is 1. The molecule has 0 bridgehead atoms. The van der Waals surface area contributed by atoms with Crippen LogP contribution >= 0.6 is 11.3 Å². The van der Waals surface area contributed by atoms with Crippen molar-refractivity contribution in [3.05, 3.63) is 47.0 Å². The number of hydrogen-bond donors (Lipinski definition) is 2. The number of amides is 2. The molecule has 1 heterocycles. The molecule has 19 heavy (non-hydrogen) atoms. The molecule has 0 aliphatic rings. The van der Waals surface area contributed by atoms with E-state index in [-0.39, 0.29) is 6.03 Å². The molecule has 2 rings (SSSR count). The highest BCUT2D eigenvalue weighted by Crippen LogP contribution is 2.16. The van der Waals surface area contributed by atoms with Gasteiger partial charge in [-0.3, -0.25) is 5.32 Å². The van der Waals surface area contributed by atoms with Gasteiger partial charge in [-0.25, -0.2) is 9.78 Å². The maximum Gasteiger partial charge on any atom is 0.321 e. The lowest BCUT2D eigenvalue weighted by atomic mass is 10.1.